The number of aryl methyl sites for hydroxylation is 1. The molecule has 1 heterocycles. The normalized spacial score (nSPS) is 10.6. The highest BCUT2D eigenvalue weighted by atomic mass is 35.5. The van der Waals surface area contributed by atoms with E-state index in [0.717, 1.165) is 5.75 Å². The summed E-state index contributed by atoms with van der Waals surface area (Å²) in [5.41, 5.74) is 0.979. The van der Waals surface area contributed by atoms with E-state index in [0.29, 0.717) is 41.6 Å². The highest BCUT2D eigenvalue weighted by molar-refractivity contribution is 6.30. The minimum Gasteiger partial charge on any atom is -0.493 e. The van der Waals surface area contributed by atoms with Gasteiger partial charge in [0.05, 0.1) is 6.61 Å². The first-order valence-corrected chi connectivity index (χ1v) is 7.06. The number of halogens is 1. The number of nitrogens with zero attached hydrogens (tertiary/aromatic N) is 1. The quantitative estimate of drug-likeness (QED) is 0.854. The number of aromatic amines is 1. The Morgan fingerprint density at radius 2 is 2.00 bits per heavy atom. The number of aliphatic hydroxyl groups excluding tert-OH is 1. The summed E-state index contributed by atoms with van der Waals surface area (Å²) in [6, 6.07) is 7.08. The van der Waals surface area contributed by atoms with Crippen molar-refractivity contribution in [2.75, 3.05) is 13.2 Å². The lowest BCUT2D eigenvalue weighted by Gasteiger charge is -2.08. The number of ether oxygens (including phenoxy) is 1. The summed E-state index contributed by atoms with van der Waals surface area (Å²) in [5, 5.41) is 9.57. The summed E-state index contributed by atoms with van der Waals surface area (Å²) >= 11 is 5.79. The first-order chi connectivity index (χ1) is 10.1. The molecular formula is C15H17ClN2O3. The number of hydrogen-bond donors (Lipinski definition) is 2. The number of hydrogen-bond acceptors (Lipinski definition) is 4. The molecule has 6 heteroatoms. The lowest BCUT2D eigenvalue weighted by molar-refractivity contribution is 0.298. The molecule has 0 radical (unpaired) electrons. The van der Waals surface area contributed by atoms with Crippen molar-refractivity contribution in [1.29, 1.82) is 0 Å². The fourth-order valence-electron chi connectivity index (χ4n) is 1.99. The Labute approximate surface area is 127 Å². The lowest BCUT2D eigenvalue weighted by atomic mass is 10.2. The Bertz CT molecular complexity index is 653. The van der Waals surface area contributed by atoms with Crippen molar-refractivity contribution in [3.8, 4) is 5.75 Å². The molecule has 0 fully saturated rings. The smallest absolute Gasteiger partial charge is 0.254 e. The van der Waals surface area contributed by atoms with Gasteiger partial charge in [-0.25, -0.2) is 4.98 Å². The van der Waals surface area contributed by atoms with Crippen LogP contribution in [0.1, 0.15) is 17.1 Å². The molecule has 0 amide bonds. The van der Waals surface area contributed by atoms with E-state index >= 15 is 0 Å². The van der Waals surface area contributed by atoms with Crippen LogP contribution in [0.15, 0.2) is 29.1 Å². The van der Waals surface area contributed by atoms with Crippen molar-refractivity contribution in [2.45, 2.75) is 19.8 Å². The average molecular weight is 309 g/mol. The summed E-state index contributed by atoms with van der Waals surface area (Å²) in [4.78, 5) is 18.9. The van der Waals surface area contributed by atoms with E-state index in [4.69, 9.17) is 21.4 Å². The van der Waals surface area contributed by atoms with Crippen molar-refractivity contribution in [3.63, 3.8) is 0 Å². The Morgan fingerprint density at radius 1 is 1.29 bits per heavy atom. The predicted molar refractivity (Wildman–Crippen MR) is 81.0 cm³/mol. The van der Waals surface area contributed by atoms with E-state index in [1.54, 1.807) is 31.2 Å². The van der Waals surface area contributed by atoms with Gasteiger partial charge in [-0.3, -0.25) is 4.79 Å². The molecule has 0 aliphatic rings. The average Bonchev–Trinajstić information content (AvgIpc) is 2.45. The van der Waals surface area contributed by atoms with Crippen LogP contribution in [0.4, 0.5) is 0 Å². The lowest BCUT2D eigenvalue weighted by Crippen LogP contribution is -2.21. The SMILES string of the molecule is Cc1nc(CCOc2ccc(Cl)cc2)[nH]c(=O)c1CCO. The van der Waals surface area contributed by atoms with Crippen molar-refractivity contribution in [3.05, 3.63) is 56.7 Å². The van der Waals surface area contributed by atoms with Gasteiger partial charge in [0.2, 0.25) is 0 Å². The third-order valence-electron chi connectivity index (χ3n) is 3.05. The highest BCUT2D eigenvalue weighted by Crippen LogP contribution is 2.15. The molecule has 21 heavy (non-hydrogen) atoms. The van der Waals surface area contributed by atoms with E-state index in [9.17, 15) is 4.79 Å². The topological polar surface area (TPSA) is 75.2 Å². The van der Waals surface area contributed by atoms with Crippen molar-refractivity contribution < 1.29 is 9.84 Å². The maximum absolute atomic E-state index is 11.9. The molecule has 0 aliphatic heterocycles. The van der Waals surface area contributed by atoms with Gasteiger partial charge in [0.1, 0.15) is 11.6 Å². The summed E-state index contributed by atoms with van der Waals surface area (Å²) in [5.74, 6) is 1.29. The Morgan fingerprint density at radius 3 is 2.62 bits per heavy atom. The second-order valence-electron chi connectivity index (χ2n) is 4.60. The molecule has 0 saturated heterocycles. The largest absolute Gasteiger partial charge is 0.493 e. The second kappa shape index (κ2) is 7.24. The van der Waals surface area contributed by atoms with Crippen LogP contribution in [0, 0.1) is 6.92 Å². The zero-order chi connectivity index (χ0) is 15.2. The second-order valence-corrected chi connectivity index (χ2v) is 5.04. The molecule has 5 nitrogen and oxygen atoms in total. The van der Waals surface area contributed by atoms with E-state index in [2.05, 4.69) is 9.97 Å². The first kappa shape index (κ1) is 15.5. The van der Waals surface area contributed by atoms with Crippen molar-refractivity contribution >= 4 is 11.6 Å². The van der Waals surface area contributed by atoms with E-state index in [1.807, 2.05) is 0 Å². The minimum atomic E-state index is -0.196. The molecule has 0 unspecified atom stereocenters. The maximum atomic E-state index is 11.9. The third kappa shape index (κ3) is 4.31. The van der Waals surface area contributed by atoms with Crippen LogP contribution >= 0.6 is 11.6 Å². The van der Waals surface area contributed by atoms with Crippen molar-refractivity contribution in [2.24, 2.45) is 0 Å². The number of aliphatic hydroxyl groups is 1. The van der Waals surface area contributed by atoms with E-state index in [1.165, 1.54) is 0 Å². The van der Waals surface area contributed by atoms with Gasteiger partial charge in [0.15, 0.2) is 0 Å². The summed E-state index contributed by atoms with van der Waals surface area (Å²) in [6.45, 7) is 2.11. The van der Waals surface area contributed by atoms with Crippen LogP contribution in [0.25, 0.3) is 0 Å². The van der Waals surface area contributed by atoms with Crippen LogP contribution in [0.5, 0.6) is 5.75 Å². The van der Waals surface area contributed by atoms with E-state index < -0.39 is 0 Å². The van der Waals surface area contributed by atoms with Gasteiger partial charge in [0.25, 0.3) is 5.56 Å². The molecule has 1 aromatic heterocycles. The zero-order valence-corrected chi connectivity index (χ0v) is 12.5. The molecule has 1 aromatic carbocycles. The molecule has 0 bridgehead atoms. The van der Waals surface area contributed by atoms with Gasteiger partial charge < -0.3 is 14.8 Å². The summed E-state index contributed by atoms with van der Waals surface area (Å²) < 4.78 is 5.56. The Hall–Kier alpha value is -1.85. The van der Waals surface area contributed by atoms with Crippen LogP contribution < -0.4 is 10.3 Å². The number of H-pyrrole nitrogens is 1. The molecule has 112 valence electrons. The van der Waals surface area contributed by atoms with E-state index in [-0.39, 0.29) is 12.2 Å². The minimum absolute atomic E-state index is 0.0649. The molecule has 0 spiro atoms. The maximum Gasteiger partial charge on any atom is 0.254 e. The molecule has 0 saturated carbocycles. The standard InChI is InChI=1S/C15H17ClN2O3/c1-10-13(6-8-19)15(20)18-14(17-10)7-9-21-12-4-2-11(16)3-5-12/h2-5,19H,6-9H2,1H3,(H,17,18,20). The fraction of sp³-hybridized carbons (Fsp3) is 0.333. The number of aromatic nitrogens is 2. The van der Waals surface area contributed by atoms with Crippen LogP contribution in [0.3, 0.4) is 0 Å². The molecule has 2 aromatic rings. The Balaban J connectivity index is 1.97. The third-order valence-corrected chi connectivity index (χ3v) is 3.31. The molecule has 2 N–H and O–H groups in total. The Kier molecular flexibility index (Phi) is 5.36. The molecule has 0 aliphatic carbocycles. The molecule has 2 rings (SSSR count). The van der Waals surface area contributed by atoms with Gasteiger partial charge in [-0.1, -0.05) is 11.6 Å². The van der Waals surface area contributed by atoms with Crippen molar-refractivity contribution in [1.82, 2.24) is 9.97 Å². The summed E-state index contributed by atoms with van der Waals surface area (Å²) in [7, 11) is 0. The number of benzene rings is 1. The molecule has 0 atom stereocenters. The van der Waals surface area contributed by atoms with Crippen LogP contribution in [-0.4, -0.2) is 28.3 Å². The van der Waals surface area contributed by atoms with Gasteiger partial charge in [-0.15, -0.1) is 0 Å². The monoisotopic (exact) mass is 308 g/mol. The number of nitrogens with one attached hydrogen (secondary N) is 1. The predicted octanol–water partition coefficient (Wildman–Crippen LogP) is 1.89. The van der Waals surface area contributed by atoms with Gasteiger partial charge in [-0.2, -0.15) is 0 Å². The fourth-order valence-corrected chi connectivity index (χ4v) is 2.12. The first-order valence-electron chi connectivity index (χ1n) is 6.68. The van der Waals surface area contributed by atoms with Crippen LogP contribution in [0.2, 0.25) is 5.02 Å². The van der Waals surface area contributed by atoms with Gasteiger partial charge >= 0.3 is 0 Å². The zero-order valence-electron chi connectivity index (χ0n) is 11.7. The van der Waals surface area contributed by atoms with Crippen LogP contribution in [-0.2, 0) is 12.8 Å². The summed E-state index contributed by atoms with van der Waals surface area (Å²) in [6.07, 6.45) is 0.813. The number of rotatable bonds is 6. The molecular weight excluding hydrogens is 292 g/mol. The van der Waals surface area contributed by atoms with Gasteiger partial charge in [-0.05, 0) is 31.2 Å². The van der Waals surface area contributed by atoms with Gasteiger partial charge in [0, 0.05) is 35.7 Å². The highest BCUT2D eigenvalue weighted by Gasteiger charge is 2.07.